The summed E-state index contributed by atoms with van der Waals surface area (Å²) in [6.45, 7) is 3.92. The number of hydrogen-bond acceptors (Lipinski definition) is 2. The van der Waals surface area contributed by atoms with Crippen LogP contribution in [0.3, 0.4) is 0 Å². The van der Waals surface area contributed by atoms with E-state index < -0.39 is 0 Å². The van der Waals surface area contributed by atoms with Gasteiger partial charge in [0.2, 0.25) is 0 Å². The van der Waals surface area contributed by atoms with Crippen molar-refractivity contribution in [3.8, 4) is 0 Å². The fraction of sp³-hybridized carbons (Fsp3) is 0.333. The van der Waals surface area contributed by atoms with E-state index >= 15 is 0 Å². The zero-order chi connectivity index (χ0) is 7.56. The van der Waals surface area contributed by atoms with Crippen molar-refractivity contribution < 1.29 is 0 Å². The maximum atomic E-state index is 3.92. The predicted molar refractivity (Wildman–Crippen MR) is 69.1 cm³/mol. The van der Waals surface area contributed by atoms with E-state index in [0.717, 1.165) is 5.75 Å². The van der Waals surface area contributed by atoms with Gasteiger partial charge in [-0.25, -0.2) is 0 Å². The van der Waals surface area contributed by atoms with Gasteiger partial charge in [0.05, 0.1) is 5.25 Å². The average molecular weight is 396 g/mol. The van der Waals surface area contributed by atoms with E-state index in [1.807, 2.05) is 21.6 Å². The molecule has 0 fully saturated rings. The third-order valence-corrected chi connectivity index (χ3v) is 5.94. The molecular formula is C6H6I2S2. The lowest BCUT2D eigenvalue weighted by Gasteiger charge is -2.15. The van der Waals surface area contributed by atoms with Crippen LogP contribution in [0.25, 0.3) is 0 Å². The van der Waals surface area contributed by atoms with Gasteiger partial charge in [-0.15, -0.1) is 0 Å². The van der Waals surface area contributed by atoms with Crippen molar-refractivity contribution in [1.82, 2.24) is 0 Å². The minimum Gasteiger partial charge on any atom is -0.0882 e. The molecule has 0 aliphatic carbocycles. The molecule has 0 radical (unpaired) electrons. The van der Waals surface area contributed by atoms with E-state index in [4.69, 9.17) is 0 Å². The Morgan fingerprint density at radius 2 is 2.50 bits per heavy atom. The van der Waals surface area contributed by atoms with Crippen LogP contribution >= 0.6 is 66.8 Å². The summed E-state index contributed by atoms with van der Waals surface area (Å²) >= 11 is 4.68. The monoisotopic (exact) mass is 396 g/mol. The zero-order valence-electron chi connectivity index (χ0n) is 5.14. The molecule has 10 heavy (non-hydrogen) atoms. The van der Waals surface area contributed by atoms with E-state index in [9.17, 15) is 0 Å². The second-order valence-corrected chi connectivity index (χ2v) is 7.12. The highest BCUT2D eigenvalue weighted by Gasteiger charge is 2.14. The summed E-state index contributed by atoms with van der Waals surface area (Å²) in [5, 5.41) is 0.534. The number of rotatable bonds is 1. The first-order valence-corrected chi connectivity index (χ1v) is 7.23. The number of hydrogen-bond donors (Lipinski definition) is 0. The Labute approximate surface area is 96.3 Å². The summed E-state index contributed by atoms with van der Waals surface area (Å²) in [6, 6.07) is 0. The van der Waals surface area contributed by atoms with Gasteiger partial charge in [0.25, 0.3) is 0 Å². The molecule has 1 rings (SSSR count). The van der Waals surface area contributed by atoms with Gasteiger partial charge in [-0.3, -0.25) is 0 Å². The van der Waals surface area contributed by atoms with Crippen LogP contribution in [-0.4, -0.2) is 11.0 Å². The highest BCUT2D eigenvalue weighted by atomic mass is 127. The van der Waals surface area contributed by atoms with E-state index in [1.165, 1.54) is 7.16 Å². The highest BCUT2D eigenvalue weighted by molar-refractivity contribution is 14.1. The Hall–Kier alpha value is 1.64. The van der Waals surface area contributed by atoms with Crippen molar-refractivity contribution in [3.05, 3.63) is 19.8 Å². The fourth-order valence-corrected chi connectivity index (χ4v) is 5.62. The summed E-state index contributed by atoms with van der Waals surface area (Å²) in [5.41, 5.74) is 0. The van der Waals surface area contributed by atoms with Gasteiger partial charge in [-0.05, 0) is 48.8 Å². The largest absolute Gasteiger partial charge is 0.0882 e. The van der Waals surface area contributed by atoms with Crippen LogP contribution in [0, 0.1) is 0 Å². The van der Waals surface area contributed by atoms with Gasteiger partial charge in [-0.1, -0.05) is 34.2 Å². The van der Waals surface area contributed by atoms with Gasteiger partial charge in [0, 0.05) is 9.33 Å². The zero-order valence-corrected chi connectivity index (χ0v) is 11.1. The Bertz CT molecular complexity index is 177. The van der Waals surface area contributed by atoms with E-state index in [-0.39, 0.29) is 0 Å². The molecule has 0 aromatic heterocycles. The van der Waals surface area contributed by atoms with Crippen LogP contribution in [0.4, 0.5) is 0 Å². The standard InChI is InChI=1S/C6H6I2S2/c1-4(7)6-2-5(8)3-9-10-6/h2,6H,1,3H2. The van der Waals surface area contributed by atoms with Gasteiger partial charge in [-0.2, -0.15) is 0 Å². The van der Waals surface area contributed by atoms with E-state index in [1.54, 1.807) is 0 Å². The van der Waals surface area contributed by atoms with Crippen LogP contribution in [-0.2, 0) is 0 Å². The Morgan fingerprint density at radius 3 is 2.90 bits per heavy atom. The van der Waals surface area contributed by atoms with Crippen LogP contribution in [0.5, 0.6) is 0 Å². The van der Waals surface area contributed by atoms with Crippen molar-refractivity contribution >= 4 is 66.8 Å². The Kier molecular flexibility index (Phi) is 4.49. The molecule has 0 saturated heterocycles. The second kappa shape index (κ2) is 4.61. The van der Waals surface area contributed by atoms with Crippen LogP contribution in [0.15, 0.2) is 19.8 Å². The molecule has 1 heterocycles. The van der Waals surface area contributed by atoms with Crippen molar-refractivity contribution in [2.75, 3.05) is 5.75 Å². The molecule has 1 aliphatic rings. The smallest absolute Gasteiger partial charge is 0.0643 e. The van der Waals surface area contributed by atoms with Crippen LogP contribution < -0.4 is 0 Å². The van der Waals surface area contributed by atoms with Gasteiger partial charge in [0.1, 0.15) is 0 Å². The molecule has 0 bridgehead atoms. The summed E-state index contributed by atoms with van der Waals surface area (Å²) in [6.07, 6.45) is 2.29. The minimum atomic E-state index is 0.534. The lowest BCUT2D eigenvalue weighted by molar-refractivity contribution is 1.40. The molecule has 0 saturated carbocycles. The third-order valence-electron chi connectivity index (χ3n) is 1.01. The average Bonchev–Trinajstić information content (AvgIpc) is 1.88. The molecule has 0 N–H and O–H groups in total. The second-order valence-electron chi connectivity index (χ2n) is 1.84. The van der Waals surface area contributed by atoms with Crippen molar-refractivity contribution in [3.63, 3.8) is 0 Å². The van der Waals surface area contributed by atoms with E-state index in [0.29, 0.717) is 5.25 Å². The molecule has 4 heteroatoms. The predicted octanol–water partition coefficient (Wildman–Crippen LogP) is 4.02. The Balaban J connectivity index is 2.62. The summed E-state index contributed by atoms with van der Waals surface area (Å²) in [4.78, 5) is 0. The molecule has 0 aromatic rings. The molecular weight excluding hydrogens is 390 g/mol. The molecule has 56 valence electrons. The maximum absolute atomic E-state index is 3.92. The molecule has 1 atom stereocenters. The maximum Gasteiger partial charge on any atom is 0.0643 e. The first-order valence-electron chi connectivity index (χ1n) is 2.69. The topological polar surface area (TPSA) is 0 Å². The highest BCUT2D eigenvalue weighted by Crippen LogP contribution is 2.40. The van der Waals surface area contributed by atoms with Crippen molar-refractivity contribution in [1.29, 1.82) is 0 Å². The lowest BCUT2D eigenvalue weighted by atomic mass is 10.4. The minimum absolute atomic E-state index is 0.534. The van der Waals surface area contributed by atoms with E-state index in [2.05, 4.69) is 57.8 Å². The molecule has 1 unspecified atom stereocenters. The fourth-order valence-electron chi connectivity index (χ4n) is 0.546. The van der Waals surface area contributed by atoms with Gasteiger partial charge in [0.15, 0.2) is 0 Å². The molecule has 0 amide bonds. The number of halogens is 2. The van der Waals surface area contributed by atoms with Gasteiger partial charge >= 0.3 is 0 Å². The summed E-state index contributed by atoms with van der Waals surface area (Å²) in [5.74, 6) is 1.16. The quantitative estimate of drug-likeness (QED) is 0.485. The van der Waals surface area contributed by atoms with Crippen molar-refractivity contribution in [2.45, 2.75) is 5.25 Å². The molecule has 1 aliphatic heterocycles. The first kappa shape index (κ1) is 9.73. The SMILES string of the molecule is C=C(I)C1C=C(I)CSS1. The van der Waals surface area contributed by atoms with Crippen LogP contribution in [0.2, 0.25) is 0 Å². The summed E-state index contributed by atoms with van der Waals surface area (Å²) < 4.78 is 2.67. The Morgan fingerprint density at radius 1 is 1.80 bits per heavy atom. The van der Waals surface area contributed by atoms with Gasteiger partial charge < -0.3 is 0 Å². The molecule has 0 nitrogen and oxygen atoms in total. The lowest BCUT2D eigenvalue weighted by Crippen LogP contribution is -2.00. The van der Waals surface area contributed by atoms with Crippen molar-refractivity contribution in [2.24, 2.45) is 0 Å². The first-order chi connectivity index (χ1) is 4.70. The normalized spacial score (nSPS) is 25.8. The third kappa shape index (κ3) is 2.94. The van der Waals surface area contributed by atoms with Crippen LogP contribution in [0.1, 0.15) is 0 Å². The summed E-state index contributed by atoms with van der Waals surface area (Å²) in [7, 11) is 3.82. The molecule has 0 aromatic carbocycles. The molecule has 0 spiro atoms.